The van der Waals surface area contributed by atoms with Gasteiger partial charge in [-0.3, -0.25) is 0 Å². The fourth-order valence-corrected chi connectivity index (χ4v) is 1.89. The molecule has 7 heteroatoms. The summed E-state index contributed by atoms with van der Waals surface area (Å²) in [7, 11) is 3.19. The molecule has 18 heavy (non-hydrogen) atoms. The predicted octanol–water partition coefficient (Wildman–Crippen LogP) is 0.495. The lowest BCUT2D eigenvalue weighted by Gasteiger charge is -2.24. The Hall–Kier alpha value is -2.02. The molecule has 1 heterocycles. The number of aliphatic imine (C=N–C) groups is 1. The van der Waals surface area contributed by atoms with Crippen LogP contribution in [0.5, 0.6) is 11.5 Å². The summed E-state index contributed by atoms with van der Waals surface area (Å²) in [6.07, 6.45) is -0.361. The van der Waals surface area contributed by atoms with Gasteiger partial charge >= 0.3 is 0 Å². The fraction of sp³-hybridized carbons (Fsp3) is 0.273. The Morgan fingerprint density at radius 2 is 2.11 bits per heavy atom. The molecular weight excluding hydrogens is 252 g/mol. The number of ether oxygens (including phenoxy) is 2. The standard InChI is InChI=1S/C11H14N4O2S/c1-16-6-3-4-7(8(5-6)17-2)9-13-10(12)15-11(18)14-9/h3-5,9H,1-2H3,(H4,12,13,14,15,18). The zero-order valence-corrected chi connectivity index (χ0v) is 10.9. The van der Waals surface area contributed by atoms with Crippen molar-refractivity contribution in [3.63, 3.8) is 0 Å². The van der Waals surface area contributed by atoms with Crippen LogP contribution < -0.4 is 25.8 Å². The number of nitrogens with two attached hydrogens (primary N) is 1. The molecule has 1 atom stereocenters. The normalized spacial score (nSPS) is 18.4. The van der Waals surface area contributed by atoms with Crippen LogP contribution in [-0.4, -0.2) is 25.3 Å². The van der Waals surface area contributed by atoms with Crippen LogP contribution in [0.1, 0.15) is 11.7 Å². The quantitative estimate of drug-likeness (QED) is 0.691. The van der Waals surface area contributed by atoms with Crippen molar-refractivity contribution in [2.75, 3.05) is 14.2 Å². The monoisotopic (exact) mass is 266 g/mol. The van der Waals surface area contributed by atoms with E-state index in [4.69, 9.17) is 27.4 Å². The molecule has 0 amide bonds. The summed E-state index contributed by atoms with van der Waals surface area (Å²) in [6.45, 7) is 0. The lowest BCUT2D eigenvalue weighted by atomic mass is 10.1. The summed E-state index contributed by atoms with van der Waals surface area (Å²) in [5.41, 5.74) is 6.48. The van der Waals surface area contributed by atoms with E-state index in [0.717, 1.165) is 5.56 Å². The van der Waals surface area contributed by atoms with Crippen LogP contribution in [0.2, 0.25) is 0 Å². The third-order valence-electron chi connectivity index (χ3n) is 2.51. The van der Waals surface area contributed by atoms with Gasteiger partial charge in [0, 0.05) is 11.6 Å². The molecule has 0 fully saturated rings. The highest BCUT2D eigenvalue weighted by molar-refractivity contribution is 7.80. The van der Waals surface area contributed by atoms with E-state index in [2.05, 4.69) is 15.6 Å². The molecule has 4 N–H and O–H groups in total. The average molecular weight is 266 g/mol. The molecule has 1 aromatic carbocycles. The first-order valence-corrected chi connectivity index (χ1v) is 5.67. The summed E-state index contributed by atoms with van der Waals surface area (Å²) < 4.78 is 10.5. The van der Waals surface area contributed by atoms with Crippen molar-refractivity contribution in [2.45, 2.75) is 6.17 Å². The molecule has 1 unspecified atom stereocenters. The van der Waals surface area contributed by atoms with Crippen LogP contribution in [0.15, 0.2) is 23.2 Å². The number of benzene rings is 1. The van der Waals surface area contributed by atoms with Crippen molar-refractivity contribution in [1.82, 2.24) is 10.6 Å². The second kappa shape index (κ2) is 5.09. The Kier molecular flexibility index (Phi) is 3.52. The SMILES string of the molecule is COc1ccc(C2N=C(N)NC(=S)N2)c(OC)c1. The van der Waals surface area contributed by atoms with Gasteiger partial charge in [-0.15, -0.1) is 0 Å². The maximum atomic E-state index is 5.65. The van der Waals surface area contributed by atoms with E-state index in [-0.39, 0.29) is 12.1 Å². The van der Waals surface area contributed by atoms with Gasteiger partial charge in [-0.25, -0.2) is 4.99 Å². The van der Waals surface area contributed by atoms with Gasteiger partial charge in [0.25, 0.3) is 0 Å². The van der Waals surface area contributed by atoms with Crippen LogP contribution >= 0.6 is 12.2 Å². The van der Waals surface area contributed by atoms with Gasteiger partial charge in [0.05, 0.1) is 14.2 Å². The summed E-state index contributed by atoms with van der Waals surface area (Å²) in [5.74, 6) is 1.65. The minimum absolute atomic E-state index is 0.279. The molecule has 0 radical (unpaired) electrons. The van der Waals surface area contributed by atoms with Crippen LogP contribution in [0.4, 0.5) is 0 Å². The molecule has 2 rings (SSSR count). The largest absolute Gasteiger partial charge is 0.497 e. The summed E-state index contributed by atoms with van der Waals surface area (Å²) in [6, 6.07) is 5.48. The Bertz CT molecular complexity index is 504. The molecule has 0 bridgehead atoms. The first kappa shape index (κ1) is 12.4. The maximum absolute atomic E-state index is 5.65. The van der Waals surface area contributed by atoms with Crippen LogP contribution in [0, 0.1) is 0 Å². The minimum Gasteiger partial charge on any atom is -0.497 e. The zero-order chi connectivity index (χ0) is 13.1. The van der Waals surface area contributed by atoms with Crippen molar-refractivity contribution >= 4 is 23.3 Å². The number of nitrogens with one attached hydrogen (secondary N) is 2. The van der Waals surface area contributed by atoms with Gasteiger partial charge in [-0.2, -0.15) is 0 Å². The lowest BCUT2D eigenvalue weighted by Crippen LogP contribution is -2.49. The van der Waals surface area contributed by atoms with Crippen LogP contribution in [0.3, 0.4) is 0 Å². The van der Waals surface area contributed by atoms with Crippen molar-refractivity contribution in [3.8, 4) is 11.5 Å². The van der Waals surface area contributed by atoms with Gasteiger partial charge in [0.1, 0.15) is 11.5 Å². The summed E-state index contributed by atoms with van der Waals surface area (Å²) >= 11 is 5.04. The second-order valence-electron chi connectivity index (χ2n) is 3.62. The number of rotatable bonds is 3. The average Bonchev–Trinajstić information content (AvgIpc) is 2.36. The number of hydrogen-bond donors (Lipinski definition) is 3. The first-order chi connectivity index (χ1) is 8.63. The van der Waals surface area contributed by atoms with Gasteiger partial charge in [0.15, 0.2) is 17.2 Å². The van der Waals surface area contributed by atoms with Crippen molar-refractivity contribution in [1.29, 1.82) is 0 Å². The summed E-state index contributed by atoms with van der Waals surface area (Å²) in [4.78, 5) is 4.23. The zero-order valence-electron chi connectivity index (χ0n) is 10.1. The number of guanidine groups is 1. The Morgan fingerprint density at radius 3 is 2.72 bits per heavy atom. The highest BCUT2D eigenvalue weighted by Gasteiger charge is 2.21. The highest BCUT2D eigenvalue weighted by Crippen LogP contribution is 2.30. The van der Waals surface area contributed by atoms with Crippen LogP contribution in [0.25, 0.3) is 0 Å². The number of thiocarbonyl (C=S) groups is 1. The van der Waals surface area contributed by atoms with Crippen molar-refractivity contribution in [3.05, 3.63) is 23.8 Å². The molecule has 96 valence electrons. The number of hydrogen-bond acceptors (Lipinski definition) is 5. The molecule has 0 spiro atoms. The molecule has 0 aromatic heterocycles. The summed E-state index contributed by atoms with van der Waals surface area (Å²) in [5, 5.41) is 6.16. The van der Waals surface area contributed by atoms with Gasteiger partial charge < -0.3 is 25.8 Å². The maximum Gasteiger partial charge on any atom is 0.197 e. The molecule has 1 aliphatic heterocycles. The smallest absolute Gasteiger partial charge is 0.197 e. The molecule has 0 saturated carbocycles. The van der Waals surface area contributed by atoms with E-state index in [1.165, 1.54) is 0 Å². The van der Waals surface area contributed by atoms with E-state index < -0.39 is 0 Å². The lowest BCUT2D eigenvalue weighted by molar-refractivity contribution is 0.387. The topological polar surface area (TPSA) is 80.9 Å². The molecule has 0 saturated heterocycles. The number of methoxy groups -OCH3 is 2. The molecule has 1 aromatic rings. The van der Waals surface area contributed by atoms with E-state index in [1.807, 2.05) is 12.1 Å². The van der Waals surface area contributed by atoms with Gasteiger partial charge in [0.2, 0.25) is 0 Å². The Morgan fingerprint density at radius 1 is 1.33 bits per heavy atom. The van der Waals surface area contributed by atoms with Crippen molar-refractivity contribution < 1.29 is 9.47 Å². The van der Waals surface area contributed by atoms with E-state index in [0.29, 0.717) is 16.6 Å². The molecule has 6 nitrogen and oxygen atoms in total. The Labute approximate surface area is 110 Å². The third kappa shape index (κ3) is 2.45. The first-order valence-electron chi connectivity index (χ1n) is 5.26. The molecule has 0 aliphatic carbocycles. The third-order valence-corrected chi connectivity index (χ3v) is 2.73. The van der Waals surface area contributed by atoms with E-state index >= 15 is 0 Å². The van der Waals surface area contributed by atoms with E-state index in [9.17, 15) is 0 Å². The van der Waals surface area contributed by atoms with Crippen LogP contribution in [-0.2, 0) is 0 Å². The predicted molar refractivity (Wildman–Crippen MR) is 72.8 cm³/mol. The second-order valence-corrected chi connectivity index (χ2v) is 4.03. The van der Waals surface area contributed by atoms with Crippen molar-refractivity contribution in [2.24, 2.45) is 10.7 Å². The number of nitrogens with zero attached hydrogens (tertiary/aromatic N) is 1. The fourth-order valence-electron chi connectivity index (χ4n) is 1.67. The minimum atomic E-state index is -0.361. The molecular formula is C11H14N4O2S. The van der Waals surface area contributed by atoms with Gasteiger partial charge in [-0.1, -0.05) is 0 Å². The molecule has 1 aliphatic rings. The highest BCUT2D eigenvalue weighted by atomic mass is 32.1. The Balaban J connectivity index is 2.38. The van der Waals surface area contributed by atoms with Gasteiger partial charge in [-0.05, 0) is 24.4 Å². The van der Waals surface area contributed by atoms with E-state index in [1.54, 1.807) is 20.3 Å².